The lowest BCUT2D eigenvalue weighted by Gasteiger charge is -2.12. The molecular weight excluding hydrogens is 246 g/mol. The molecule has 4 heteroatoms. The quantitative estimate of drug-likeness (QED) is 0.735. The standard InChI is InChI=1S/C14H23NO2S/c1-13(12-18(2,16)17)15-11-7-6-10-14-8-4-3-5-9-14/h3-5,8-9,13,15H,6-7,10-12H2,1-2H3. The van der Waals surface area contributed by atoms with Gasteiger partial charge in [-0.15, -0.1) is 0 Å². The Kier molecular flexibility index (Phi) is 6.36. The number of hydrogen-bond acceptors (Lipinski definition) is 3. The van der Waals surface area contributed by atoms with Gasteiger partial charge >= 0.3 is 0 Å². The fourth-order valence-corrected chi connectivity index (χ4v) is 2.99. The molecule has 0 spiro atoms. The van der Waals surface area contributed by atoms with Crippen LogP contribution in [-0.4, -0.2) is 33.0 Å². The van der Waals surface area contributed by atoms with Gasteiger partial charge in [0.1, 0.15) is 9.84 Å². The van der Waals surface area contributed by atoms with Crippen molar-refractivity contribution in [2.45, 2.75) is 32.2 Å². The molecule has 0 aromatic heterocycles. The molecule has 0 bridgehead atoms. The lowest BCUT2D eigenvalue weighted by Crippen LogP contribution is -2.33. The number of unbranched alkanes of at least 4 members (excludes halogenated alkanes) is 1. The highest BCUT2D eigenvalue weighted by molar-refractivity contribution is 7.90. The minimum atomic E-state index is -2.87. The highest BCUT2D eigenvalue weighted by Gasteiger charge is 2.08. The van der Waals surface area contributed by atoms with Gasteiger partial charge < -0.3 is 5.32 Å². The van der Waals surface area contributed by atoms with E-state index < -0.39 is 9.84 Å². The van der Waals surface area contributed by atoms with Crippen molar-refractivity contribution in [1.29, 1.82) is 0 Å². The van der Waals surface area contributed by atoms with Crippen LogP contribution in [0.5, 0.6) is 0 Å². The predicted octanol–water partition coefficient (Wildman–Crippen LogP) is 2.03. The van der Waals surface area contributed by atoms with Crippen LogP contribution in [0.2, 0.25) is 0 Å². The molecule has 0 amide bonds. The third kappa shape index (κ3) is 7.45. The highest BCUT2D eigenvalue weighted by Crippen LogP contribution is 2.04. The van der Waals surface area contributed by atoms with Crippen LogP contribution in [-0.2, 0) is 16.3 Å². The average molecular weight is 269 g/mol. The molecule has 0 fully saturated rings. The molecule has 1 N–H and O–H groups in total. The predicted molar refractivity (Wildman–Crippen MR) is 76.6 cm³/mol. The average Bonchev–Trinajstić information content (AvgIpc) is 2.27. The van der Waals surface area contributed by atoms with Crippen LogP contribution in [0.15, 0.2) is 30.3 Å². The number of nitrogens with one attached hydrogen (secondary N) is 1. The van der Waals surface area contributed by atoms with Gasteiger partial charge in [-0.1, -0.05) is 30.3 Å². The summed E-state index contributed by atoms with van der Waals surface area (Å²) in [6.45, 7) is 2.79. The van der Waals surface area contributed by atoms with E-state index >= 15 is 0 Å². The molecule has 0 saturated heterocycles. The number of benzene rings is 1. The zero-order valence-electron chi connectivity index (χ0n) is 11.2. The van der Waals surface area contributed by atoms with E-state index in [0.717, 1.165) is 25.8 Å². The topological polar surface area (TPSA) is 46.2 Å². The van der Waals surface area contributed by atoms with Crippen molar-refractivity contribution in [3.63, 3.8) is 0 Å². The van der Waals surface area contributed by atoms with Crippen molar-refractivity contribution in [1.82, 2.24) is 5.32 Å². The van der Waals surface area contributed by atoms with E-state index in [0.29, 0.717) is 0 Å². The number of sulfone groups is 1. The summed E-state index contributed by atoms with van der Waals surface area (Å²) in [6.07, 6.45) is 4.56. The van der Waals surface area contributed by atoms with E-state index in [2.05, 4.69) is 29.6 Å². The third-order valence-electron chi connectivity index (χ3n) is 2.78. The Labute approximate surface area is 111 Å². The second-order valence-corrected chi connectivity index (χ2v) is 7.08. The first-order chi connectivity index (χ1) is 8.47. The maximum atomic E-state index is 11.1. The van der Waals surface area contributed by atoms with Crippen molar-refractivity contribution in [2.24, 2.45) is 0 Å². The molecule has 102 valence electrons. The first kappa shape index (κ1) is 15.2. The Morgan fingerprint density at radius 2 is 1.83 bits per heavy atom. The van der Waals surface area contributed by atoms with Gasteiger partial charge in [-0.25, -0.2) is 8.42 Å². The van der Waals surface area contributed by atoms with Crippen LogP contribution in [0.3, 0.4) is 0 Å². The molecule has 0 heterocycles. The number of rotatable bonds is 8. The van der Waals surface area contributed by atoms with Gasteiger partial charge in [0, 0.05) is 12.3 Å². The first-order valence-corrected chi connectivity index (χ1v) is 8.48. The van der Waals surface area contributed by atoms with Crippen LogP contribution in [0.4, 0.5) is 0 Å². The zero-order valence-corrected chi connectivity index (χ0v) is 12.0. The SMILES string of the molecule is CC(CS(C)(=O)=O)NCCCCc1ccccc1. The normalized spacial score (nSPS) is 13.4. The summed E-state index contributed by atoms with van der Waals surface area (Å²) in [5, 5.41) is 3.25. The van der Waals surface area contributed by atoms with Gasteiger partial charge in [0.2, 0.25) is 0 Å². The Bertz CT molecular complexity index is 428. The van der Waals surface area contributed by atoms with Gasteiger partial charge in [0.15, 0.2) is 0 Å². The minimum absolute atomic E-state index is 0.0386. The summed E-state index contributed by atoms with van der Waals surface area (Å²) in [5.41, 5.74) is 1.36. The monoisotopic (exact) mass is 269 g/mol. The van der Waals surface area contributed by atoms with E-state index in [9.17, 15) is 8.42 Å². The van der Waals surface area contributed by atoms with Gasteiger partial charge in [-0.2, -0.15) is 0 Å². The molecule has 1 rings (SSSR count). The largest absolute Gasteiger partial charge is 0.313 e. The Hall–Kier alpha value is -0.870. The molecule has 0 aliphatic carbocycles. The molecule has 1 aromatic carbocycles. The molecule has 1 unspecified atom stereocenters. The van der Waals surface area contributed by atoms with E-state index in [-0.39, 0.29) is 11.8 Å². The molecule has 1 atom stereocenters. The third-order valence-corrected chi connectivity index (χ3v) is 3.89. The first-order valence-electron chi connectivity index (χ1n) is 6.42. The van der Waals surface area contributed by atoms with Crippen molar-refractivity contribution in [3.05, 3.63) is 35.9 Å². The van der Waals surface area contributed by atoms with Crippen molar-refractivity contribution < 1.29 is 8.42 Å². The molecule has 0 saturated carbocycles. The van der Waals surface area contributed by atoms with E-state index in [1.54, 1.807) is 0 Å². The fraction of sp³-hybridized carbons (Fsp3) is 0.571. The van der Waals surface area contributed by atoms with Gasteiger partial charge in [-0.05, 0) is 38.3 Å². The van der Waals surface area contributed by atoms with E-state index in [1.807, 2.05) is 13.0 Å². The maximum Gasteiger partial charge on any atom is 0.148 e. The summed E-state index contributed by atoms with van der Waals surface area (Å²) in [7, 11) is -2.87. The Morgan fingerprint density at radius 3 is 2.44 bits per heavy atom. The molecule has 3 nitrogen and oxygen atoms in total. The molecule has 18 heavy (non-hydrogen) atoms. The lowest BCUT2D eigenvalue weighted by atomic mass is 10.1. The van der Waals surface area contributed by atoms with Gasteiger partial charge in [-0.3, -0.25) is 0 Å². The van der Waals surface area contributed by atoms with Crippen LogP contribution in [0, 0.1) is 0 Å². The minimum Gasteiger partial charge on any atom is -0.313 e. The number of hydrogen-bond donors (Lipinski definition) is 1. The molecule has 0 aliphatic heterocycles. The summed E-state index contributed by atoms with van der Waals surface area (Å²) in [5.74, 6) is 0.214. The van der Waals surface area contributed by atoms with Gasteiger partial charge in [0.25, 0.3) is 0 Å². The lowest BCUT2D eigenvalue weighted by molar-refractivity contribution is 0.543. The second-order valence-electron chi connectivity index (χ2n) is 4.89. The Balaban J connectivity index is 2.09. The summed E-state index contributed by atoms with van der Waals surface area (Å²) < 4.78 is 22.2. The molecule has 1 aromatic rings. The summed E-state index contributed by atoms with van der Waals surface area (Å²) in [4.78, 5) is 0. The number of aryl methyl sites for hydroxylation is 1. The van der Waals surface area contributed by atoms with Gasteiger partial charge in [0.05, 0.1) is 5.75 Å². The van der Waals surface area contributed by atoms with Crippen LogP contribution in [0.1, 0.15) is 25.3 Å². The molecular formula is C14H23NO2S. The van der Waals surface area contributed by atoms with Crippen molar-refractivity contribution in [2.75, 3.05) is 18.6 Å². The van der Waals surface area contributed by atoms with Crippen LogP contribution in [0.25, 0.3) is 0 Å². The van der Waals surface area contributed by atoms with Crippen molar-refractivity contribution >= 4 is 9.84 Å². The zero-order chi connectivity index (χ0) is 13.4. The molecule has 0 radical (unpaired) electrons. The van der Waals surface area contributed by atoms with Crippen molar-refractivity contribution in [3.8, 4) is 0 Å². The summed E-state index contributed by atoms with van der Waals surface area (Å²) in [6, 6.07) is 10.5. The second kappa shape index (κ2) is 7.54. The Morgan fingerprint density at radius 1 is 1.17 bits per heavy atom. The smallest absolute Gasteiger partial charge is 0.148 e. The van der Waals surface area contributed by atoms with Crippen LogP contribution >= 0.6 is 0 Å². The summed E-state index contributed by atoms with van der Waals surface area (Å²) >= 11 is 0. The molecule has 0 aliphatic rings. The maximum absolute atomic E-state index is 11.1. The van der Waals surface area contributed by atoms with E-state index in [1.165, 1.54) is 11.8 Å². The fourth-order valence-electron chi connectivity index (χ4n) is 1.96. The van der Waals surface area contributed by atoms with E-state index in [4.69, 9.17) is 0 Å². The highest BCUT2D eigenvalue weighted by atomic mass is 32.2. The van der Waals surface area contributed by atoms with Crippen LogP contribution < -0.4 is 5.32 Å².